The van der Waals surface area contributed by atoms with Gasteiger partial charge in [0.25, 0.3) is 5.91 Å². The molecular formula is C22H26N6O. The summed E-state index contributed by atoms with van der Waals surface area (Å²) in [5.41, 5.74) is 1.59. The Morgan fingerprint density at radius 2 is 1.90 bits per heavy atom. The third-order valence-corrected chi connectivity index (χ3v) is 6.06. The molecule has 2 aliphatic heterocycles. The predicted molar refractivity (Wildman–Crippen MR) is 109 cm³/mol. The fraction of sp³-hybridized carbons (Fsp3) is 0.455. The minimum Gasteiger partial charge on any atom is -0.338 e. The second-order valence-electron chi connectivity index (χ2n) is 8.04. The molecule has 4 heterocycles. The van der Waals surface area contributed by atoms with Gasteiger partial charge in [-0.05, 0) is 37.8 Å². The Labute approximate surface area is 170 Å². The van der Waals surface area contributed by atoms with Gasteiger partial charge >= 0.3 is 0 Å². The second kappa shape index (κ2) is 7.81. The number of hydrogen-bond donors (Lipinski definition) is 0. The van der Waals surface area contributed by atoms with Crippen LogP contribution in [0.4, 0.5) is 0 Å². The summed E-state index contributed by atoms with van der Waals surface area (Å²) in [7, 11) is 0. The van der Waals surface area contributed by atoms with Crippen LogP contribution in [0.25, 0.3) is 5.69 Å². The lowest BCUT2D eigenvalue weighted by atomic mass is 9.96. The Kier molecular flexibility index (Phi) is 4.87. The lowest BCUT2D eigenvalue weighted by Crippen LogP contribution is -2.39. The summed E-state index contributed by atoms with van der Waals surface area (Å²) in [5, 5.41) is 13.4. The number of carbonyl (C=O) groups excluding carboxylic acids is 1. The van der Waals surface area contributed by atoms with Crippen molar-refractivity contribution in [1.82, 2.24) is 29.4 Å². The van der Waals surface area contributed by atoms with E-state index < -0.39 is 0 Å². The molecule has 0 aliphatic carbocycles. The molecule has 1 amide bonds. The second-order valence-corrected chi connectivity index (χ2v) is 8.04. The molecule has 5 rings (SSSR count). The molecule has 1 aromatic carbocycles. The van der Waals surface area contributed by atoms with Gasteiger partial charge in [0.1, 0.15) is 11.6 Å². The molecule has 1 atom stereocenters. The van der Waals surface area contributed by atoms with E-state index in [0.29, 0.717) is 12.1 Å². The van der Waals surface area contributed by atoms with E-state index >= 15 is 0 Å². The van der Waals surface area contributed by atoms with E-state index in [1.54, 1.807) is 10.9 Å². The minimum atomic E-state index is 0.0486. The van der Waals surface area contributed by atoms with Crippen LogP contribution in [0.1, 0.15) is 60.0 Å². The highest BCUT2D eigenvalue weighted by atomic mass is 16.2. The maximum absolute atomic E-state index is 13.1. The first-order chi connectivity index (χ1) is 14.3. The van der Waals surface area contributed by atoms with Gasteiger partial charge in [-0.25, -0.2) is 4.68 Å². The third-order valence-electron chi connectivity index (χ3n) is 6.06. The van der Waals surface area contributed by atoms with E-state index in [1.165, 1.54) is 19.3 Å². The highest BCUT2D eigenvalue weighted by Gasteiger charge is 2.30. The molecule has 0 bridgehead atoms. The maximum Gasteiger partial charge on any atom is 0.257 e. The quantitative estimate of drug-likeness (QED) is 0.689. The summed E-state index contributed by atoms with van der Waals surface area (Å²) >= 11 is 0. The summed E-state index contributed by atoms with van der Waals surface area (Å²) in [6, 6.07) is 9.87. The van der Waals surface area contributed by atoms with Crippen molar-refractivity contribution in [3.05, 3.63) is 59.9 Å². The molecule has 7 heteroatoms. The fourth-order valence-electron chi connectivity index (χ4n) is 4.52. The van der Waals surface area contributed by atoms with Gasteiger partial charge in [0.2, 0.25) is 0 Å². The van der Waals surface area contributed by atoms with Crippen LogP contribution in [0.5, 0.6) is 0 Å². The first-order valence-corrected chi connectivity index (χ1v) is 10.6. The molecule has 150 valence electrons. The molecule has 0 radical (unpaired) electrons. The Hall–Kier alpha value is -2.96. The molecule has 1 saturated heterocycles. The van der Waals surface area contributed by atoms with Crippen molar-refractivity contribution in [1.29, 1.82) is 0 Å². The van der Waals surface area contributed by atoms with Crippen molar-refractivity contribution in [3.8, 4) is 5.69 Å². The Bertz CT molecular complexity index is 992. The van der Waals surface area contributed by atoms with Crippen LogP contribution < -0.4 is 0 Å². The zero-order chi connectivity index (χ0) is 19.6. The van der Waals surface area contributed by atoms with Crippen LogP contribution in [-0.4, -0.2) is 48.4 Å². The number of aryl methyl sites for hydroxylation is 1. The molecule has 1 fully saturated rings. The average Bonchev–Trinajstić information content (AvgIpc) is 3.36. The Balaban J connectivity index is 1.33. The van der Waals surface area contributed by atoms with Crippen LogP contribution in [0.3, 0.4) is 0 Å². The molecule has 0 N–H and O–H groups in total. The smallest absolute Gasteiger partial charge is 0.257 e. The standard InChI is InChI=1S/C22H26N6O/c29-22(18-14-23-28(16-18)19-9-3-1-4-10-19)26-12-7-8-17(15-26)21-25-24-20-11-5-2-6-13-27(20)21/h1,3-4,9-10,14,16-17H,2,5-8,11-13,15H2. The highest BCUT2D eigenvalue weighted by molar-refractivity contribution is 5.94. The van der Waals surface area contributed by atoms with Gasteiger partial charge in [-0.3, -0.25) is 4.79 Å². The summed E-state index contributed by atoms with van der Waals surface area (Å²) in [5.74, 6) is 2.49. The number of nitrogens with zero attached hydrogens (tertiary/aromatic N) is 6. The van der Waals surface area contributed by atoms with Crippen molar-refractivity contribution in [2.24, 2.45) is 0 Å². The van der Waals surface area contributed by atoms with Gasteiger partial charge < -0.3 is 9.47 Å². The Morgan fingerprint density at radius 1 is 1.00 bits per heavy atom. The summed E-state index contributed by atoms with van der Waals surface area (Å²) in [6.45, 7) is 2.49. The first kappa shape index (κ1) is 18.1. The summed E-state index contributed by atoms with van der Waals surface area (Å²) < 4.78 is 4.08. The van der Waals surface area contributed by atoms with Crippen molar-refractivity contribution in [2.45, 2.75) is 51.0 Å². The molecule has 1 unspecified atom stereocenters. The summed E-state index contributed by atoms with van der Waals surface area (Å²) in [6.07, 6.45) is 10.2. The number of piperidine rings is 1. The minimum absolute atomic E-state index is 0.0486. The van der Waals surface area contributed by atoms with E-state index in [-0.39, 0.29) is 11.8 Å². The molecule has 29 heavy (non-hydrogen) atoms. The van der Waals surface area contributed by atoms with Crippen LogP contribution in [-0.2, 0) is 13.0 Å². The normalized spacial score (nSPS) is 19.6. The zero-order valence-corrected chi connectivity index (χ0v) is 16.6. The monoisotopic (exact) mass is 390 g/mol. The van der Waals surface area contributed by atoms with Gasteiger partial charge in [0.15, 0.2) is 0 Å². The van der Waals surface area contributed by atoms with E-state index in [9.17, 15) is 4.79 Å². The number of para-hydroxylation sites is 1. The highest BCUT2D eigenvalue weighted by Crippen LogP contribution is 2.28. The molecular weight excluding hydrogens is 364 g/mol. The van der Waals surface area contributed by atoms with Gasteiger partial charge in [-0.1, -0.05) is 24.6 Å². The van der Waals surface area contributed by atoms with Crippen molar-refractivity contribution in [2.75, 3.05) is 13.1 Å². The average molecular weight is 390 g/mol. The first-order valence-electron chi connectivity index (χ1n) is 10.6. The topological polar surface area (TPSA) is 68.8 Å². The van der Waals surface area contributed by atoms with Gasteiger partial charge in [-0.15, -0.1) is 10.2 Å². The molecule has 3 aromatic rings. The van der Waals surface area contributed by atoms with E-state index in [2.05, 4.69) is 19.9 Å². The van der Waals surface area contributed by atoms with E-state index in [4.69, 9.17) is 0 Å². The largest absolute Gasteiger partial charge is 0.338 e. The van der Waals surface area contributed by atoms with E-state index in [1.807, 2.05) is 41.4 Å². The lowest BCUT2D eigenvalue weighted by molar-refractivity contribution is 0.0703. The number of benzene rings is 1. The van der Waals surface area contributed by atoms with E-state index in [0.717, 1.165) is 49.7 Å². The maximum atomic E-state index is 13.1. The number of aromatic nitrogens is 5. The predicted octanol–water partition coefficient (Wildman–Crippen LogP) is 3.21. The summed E-state index contributed by atoms with van der Waals surface area (Å²) in [4.78, 5) is 15.1. The number of likely N-dealkylation sites (tertiary alicyclic amines) is 1. The van der Waals surface area contributed by atoms with Gasteiger partial charge in [0.05, 0.1) is 17.4 Å². The number of carbonyl (C=O) groups is 1. The number of fused-ring (bicyclic) bond motifs is 1. The molecule has 0 spiro atoms. The number of amides is 1. The lowest BCUT2D eigenvalue weighted by Gasteiger charge is -2.32. The van der Waals surface area contributed by atoms with Crippen molar-refractivity contribution < 1.29 is 4.79 Å². The molecule has 0 saturated carbocycles. The number of hydrogen-bond acceptors (Lipinski definition) is 4. The van der Waals surface area contributed by atoms with Crippen molar-refractivity contribution >= 4 is 5.91 Å². The third kappa shape index (κ3) is 3.57. The van der Waals surface area contributed by atoms with Gasteiger partial charge in [-0.2, -0.15) is 5.10 Å². The molecule has 2 aromatic heterocycles. The van der Waals surface area contributed by atoms with Crippen molar-refractivity contribution in [3.63, 3.8) is 0 Å². The molecule has 2 aliphatic rings. The van der Waals surface area contributed by atoms with Gasteiger partial charge in [0, 0.05) is 38.2 Å². The van der Waals surface area contributed by atoms with Crippen LogP contribution >= 0.6 is 0 Å². The zero-order valence-electron chi connectivity index (χ0n) is 16.6. The SMILES string of the molecule is O=C(c1cnn(-c2ccccc2)c1)N1CCCC(c2nnc3n2CCCCC3)C1. The van der Waals surface area contributed by atoms with Crippen LogP contribution in [0, 0.1) is 0 Å². The van der Waals surface area contributed by atoms with Crippen LogP contribution in [0.15, 0.2) is 42.7 Å². The number of rotatable bonds is 3. The Morgan fingerprint density at radius 3 is 2.79 bits per heavy atom. The van der Waals surface area contributed by atoms with Crippen LogP contribution in [0.2, 0.25) is 0 Å². The molecule has 7 nitrogen and oxygen atoms in total. The fourth-order valence-corrected chi connectivity index (χ4v) is 4.52.